The largest absolute Gasteiger partial charge is 0.468 e. The van der Waals surface area contributed by atoms with Crippen molar-refractivity contribution in [2.45, 2.75) is 31.2 Å². The van der Waals surface area contributed by atoms with Crippen LogP contribution in [0.1, 0.15) is 20.3 Å². The monoisotopic (exact) mass is 336 g/mol. The number of aromatic nitrogens is 1. The Balaban J connectivity index is 3.14. The Kier molecular flexibility index (Phi) is 5.94. The van der Waals surface area contributed by atoms with Gasteiger partial charge in [0.25, 0.3) is 5.56 Å². The van der Waals surface area contributed by atoms with Crippen LogP contribution in [0.15, 0.2) is 22.0 Å². The van der Waals surface area contributed by atoms with Crippen molar-refractivity contribution in [3.05, 3.63) is 27.6 Å². The number of esters is 1. The second kappa shape index (κ2) is 7.06. The van der Waals surface area contributed by atoms with Crippen molar-refractivity contribution in [2.75, 3.05) is 7.11 Å². The van der Waals surface area contributed by atoms with Gasteiger partial charge in [-0.15, -0.1) is 0 Å². The zero-order valence-corrected chi connectivity index (χ0v) is 13.4. The third-order valence-electron chi connectivity index (χ3n) is 3.09. The van der Waals surface area contributed by atoms with Crippen molar-refractivity contribution in [1.29, 1.82) is 0 Å². The van der Waals surface area contributed by atoms with Gasteiger partial charge in [0.2, 0.25) is 10.0 Å². The molecule has 1 aromatic rings. The Morgan fingerprint density at radius 3 is 2.62 bits per heavy atom. The summed E-state index contributed by atoms with van der Waals surface area (Å²) in [5.41, 5.74) is -0.595. The Bertz CT molecular complexity index is 670. The van der Waals surface area contributed by atoms with E-state index in [0.29, 0.717) is 6.42 Å². The predicted molar refractivity (Wildman–Crippen MR) is 77.7 cm³/mol. The number of aromatic amines is 1. The van der Waals surface area contributed by atoms with E-state index < -0.39 is 27.6 Å². The average Bonchev–Trinajstić information content (AvgIpc) is 2.45. The highest BCUT2D eigenvalue weighted by Crippen LogP contribution is 2.15. The molecule has 118 valence electrons. The van der Waals surface area contributed by atoms with Crippen LogP contribution < -0.4 is 10.3 Å². The Morgan fingerprint density at radius 2 is 2.14 bits per heavy atom. The minimum absolute atomic E-state index is 0.232. The fourth-order valence-electron chi connectivity index (χ4n) is 1.59. The molecular formula is C12H17ClN2O5S. The number of nitrogens with one attached hydrogen (secondary N) is 2. The topological polar surface area (TPSA) is 105 Å². The lowest BCUT2D eigenvalue weighted by Gasteiger charge is -2.21. The molecule has 0 aliphatic carbocycles. The molecule has 2 atom stereocenters. The summed E-state index contributed by atoms with van der Waals surface area (Å²) < 4.78 is 31.4. The van der Waals surface area contributed by atoms with Crippen molar-refractivity contribution in [2.24, 2.45) is 5.92 Å². The van der Waals surface area contributed by atoms with Gasteiger partial charge in [-0.25, -0.2) is 8.42 Å². The van der Waals surface area contributed by atoms with E-state index in [1.165, 1.54) is 7.11 Å². The first-order valence-corrected chi connectivity index (χ1v) is 8.07. The summed E-state index contributed by atoms with van der Waals surface area (Å²) in [6, 6.07) is 0.00363. The van der Waals surface area contributed by atoms with Gasteiger partial charge in [0.15, 0.2) is 0 Å². The molecule has 0 aliphatic rings. The van der Waals surface area contributed by atoms with Crippen LogP contribution in [0.25, 0.3) is 0 Å². The Hall–Kier alpha value is -1.38. The molecule has 0 aromatic carbocycles. The molecule has 21 heavy (non-hydrogen) atoms. The zero-order valence-electron chi connectivity index (χ0n) is 11.8. The number of pyridine rings is 1. The van der Waals surface area contributed by atoms with Gasteiger partial charge in [-0.2, -0.15) is 4.72 Å². The van der Waals surface area contributed by atoms with Crippen LogP contribution >= 0.6 is 11.6 Å². The van der Waals surface area contributed by atoms with Crippen LogP contribution in [-0.4, -0.2) is 32.5 Å². The minimum Gasteiger partial charge on any atom is -0.468 e. The van der Waals surface area contributed by atoms with Gasteiger partial charge in [0, 0.05) is 6.20 Å². The number of ether oxygens (including phenoxy) is 1. The molecule has 2 N–H and O–H groups in total. The van der Waals surface area contributed by atoms with Gasteiger partial charge >= 0.3 is 5.97 Å². The third-order valence-corrected chi connectivity index (χ3v) is 4.79. The first-order chi connectivity index (χ1) is 9.72. The molecule has 0 spiro atoms. The Labute approximate surface area is 127 Å². The number of hydrogen-bond donors (Lipinski definition) is 2. The van der Waals surface area contributed by atoms with Gasteiger partial charge in [-0.3, -0.25) is 9.59 Å². The molecule has 0 saturated heterocycles. The van der Waals surface area contributed by atoms with Crippen molar-refractivity contribution in [3.8, 4) is 0 Å². The van der Waals surface area contributed by atoms with Crippen molar-refractivity contribution >= 4 is 27.6 Å². The fourth-order valence-corrected chi connectivity index (χ4v) is 3.11. The number of methoxy groups -OCH3 is 1. The molecule has 1 rings (SSSR count). The molecule has 0 saturated carbocycles. The van der Waals surface area contributed by atoms with Gasteiger partial charge < -0.3 is 9.72 Å². The summed E-state index contributed by atoms with van der Waals surface area (Å²) in [7, 11) is -2.83. The molecule has 2 unspecified atom stereocenters. The predicted octanol–water partition coefficient (Wildman–Crippen LogP) is 0.894. The third kappa shape index (κ3) is 4.29. The summed E-state index contributed by atoms with van der Waals surface area (Å²) in [5, 5.41) is -0.254. The van der Waals surface area contributed by atoms with E-state index in [1.54, 1.807) is 6.92 Å². The lowest BCUT2D eigenvalue weighted by molar-refractivity contribution is -0.143. The maximum atomic E-state index is 12.2. The summed E-state index contributed by atoms with van der Waals surface area (Å²) in [6.07, 6.45) is 1.59. The number of hydrogen-bond acceptors (Lipinski definition) is 5. The molecule has 7 nitrogen and oxygen atoms in total. The first-order valence-electron chi connectivity index (χ1n) is 6.21. The molecule has 0 aliphatic heterocycles. The van der Waals surface area contributed by atoms with Crippen LogP contribution in [-0.2, 0) is 19.6 Å². The van der Waals surface area contributed by atoms with Crippen molar-refractivity contribution in [3.63, 3.8) is 0 Å². The van der Waals surface area contributed by atoms with Crippen LogP contribution in [0.5, 0.6) is 0 Å². The molecule has 9 heteroatoms. The van der Waals surface area contributed by atoms with Crippen LogP contribution in [0.4, 0.5) is 0 Å². The molecule has 1 aromatic heterocycles. The quantitative estimate of drug-likeness (QED) is 0.751. The summed E-state index contributed by atoms with van der Waals surface area (Å²) >= 11 is 5.61. The lowest BCUT2D eigenvalue weighted by atomic mass is 10.0. The highest BCUT2D eigenvalue weighted by atomic mass is 35.5. The molecular weight excluding hydrogens is 320 g/mol. The van der Waals surface area contributed by atoms with Gasteiger partial charge in [-0.1, -0.05) is 31.9 Å². The number of carbonyl (C=O) groups excluding carboxylic acids is 1. The second-order valence-electron chi connectivity index (χ2n) is 4.52. The van der Waals surface area contributed by atoms with E-state index in [9.17, 15) is 18.0 Å². The highest BCUT2D eigenvalue weighted by Gasteiger charge is 2.30. The number of halogens is 1. The molecule has 0 bridgehead atoms. The van der Waals surface area contributed by atoms with E-state index in [-0.39, 0.29) is 15.8 Å². The van der Waals surface area contributed by atoms with E-state index in [4.69, 9.17) is 11.6 Å². The number of carbonyl (C=O) groups is 1. The lowest BCUT2D eigenvalue weighted by Crippen LogP contribution is -2.45. The van der Waals surface area contributed by atoms with E-state index >= 15 is 0 Å². The normalized spacial score (nSPS) is 14.5. The van der Waals surface area contributed by atoms with Gasteiger partial charge in [0.05, 0.1) is 12.0 Å². The molecule has 0 amide bonds. The summed E-state index contributed by atoms with van der Waals surface area (Å²) in [4.78, 5) is 24.8. The zero-order chi connectivity index (χ0) is 16.2. The second-order valence-corrected chi connectivity index (χ2v) is 6.64. The highest BCUT2D eigenvalue weighted by molar-refractivity contribution is 7.89. The summed E-state index contributed by atoms with van der Waals surface area (Å²) in [5.74, 6) is -0.936. The van der Waals surface area contributed by atoms with Gasteiger partial charge in [-0.05, 0) is 12.0 Å². The van der Waals surface area contributed by atoms with Crippen LogP contribution in [0, 0.1) is 5.92 Å². The minimum atomic E-state index is -4.01. The van der Waals surface area contributed by atoms with E-state index in [0.717, 1.165) is 12.3 Å². The number of rotatable bonds is 6. The SMILES string of the molecule is CCC(C)C(NS(=O)(=O)c1c[nH]c(=O)c(Cl)c1)C(=O)OC. The molecule has 1 heterocycles. The molecule has 0 radical (unpaired) electrons. The number of H-pyrrole nitrogens is 1. The van der Waals surface area contributed by atoms with E-state index in [1.807, 2.05) is 6.92 Å². The fraction of sp³-hybridized carbons (Fsp3) is 0.500. The summed E-state index contributed by atoms with van der Waals surface area (Å²) in [6.45, 7) is 3.55. The number of sulfonamides is 1. The standard InChI is InChI=1S/C12H17ClN2O5S/c1-4-7(2)10(12(17)20-3)15-21(18,19)8-5-9(13)11(16)14-6-8/h5-7,10,15H,4H2,1-3H3,(H,14,16). The average molecular weight is 337 g/mol. The van der Waals surface area contributed by atoms with Crippen molar-refractivity contribution in [1.82, 2.24) is 9.71 Å². The van der Waals surface area contributed by atoms with Crippen LogP contribution in [0.3, 0.4) is 0 Å². The smallest absolute Gasteiger partial charge is 0.324 e. The Morgan fingerprint density at radius 1 is 1.52 bits per heavy atom. The first kappa shape index (κ1) is 17.7. The maximum Gasteiger partial charge on any atom is 0.324 e. The van der Waals surface area contributed by atoms with Crippen molar-refractivity contribution < 1.29 is 17.9 Å². The van der Waals surface area contributed by atoms with Gasteiger partial charge in [0.1, 0.15) is 11.1 Å². The molecule has 0 fully saturated rings. The van der Waals surface area contributed by atoms with Crippen LogP contribution in [0.2, 0.25) is 5.02 Å². The maximum absolute atomic E-state index is 12.2. The van der Waals surface area contributed by atoms with E-state index in [2.05, 4.69) is 14.4 Å².